The Hall–Kier alpha value is -6.02. The van der Waals surface area contributed by atoms with Crippen LogP contribution in [0, 0.1) is 0 Å². The summed E-state index contributed by atoms with van der Waals surface area (Å²) >= 11 is 0. The van der Waals surface area contributed by atoms with Gasteiger partial charge in [-0.1, -0.05) is 72.8 Å². The summed E-state index contributed by atoms with van der Waals surface area (Å²) in [5.41, 5.74) is 26.7. The Morgan fingerprint density at radius 1 is 0.286 bits per heavy atom. The standard InChI is InChI=1S/C34H28N4O4/c35-27-25-26(28(36)30(38)29(27)37)32(40-22-15-7-2-8-16-22)34(42-24-19-11-4-12-20-24)33(41-23-17-9-3-10-18-23)31(25)39-21-13-5-1-6-14-21/h1-20H,35-38H2. The minimum atomic E-state index is 0.117. The lowest BCUT2D eigenvalue weighted by Gasteiger charge is -2.25. The van der Waals surface area contributed by atoms with Crippen LogP contribution in [0.1, 0.15) is 0 Å². The third-order valence-corrected chi connectivity index (χ3v) is 6.58. The molecule has 0 aliphatic rings. The van der Waals surface area contributed by atoms with Crippen molar-refractivity contribution in [3.8, 4) is 46.0 Å². The highest BCUT2D eigenvalue weighted by molar-refractivity contribution is 6.18. The Morgan fingerprint density at radius 2 is 0.524 bits per heavy atom. The van der Waals surface area contributed by atoms with Crippen molar-refractivity contribution in [1.82, 2.24) is 0 Å². The van der Waals surface area contributed by atoms with Crippen LogP contribution in [0.25, 0.3) is 10.8 Å². The molecule has 8 N–H and O–H groups in total. The normalized spacial score (nSPS) is 10.8. The van der Waals surface area contributed by atoms with E-state index in [1.165, 1.54) is 0 Å². The molecule has 6 aromatic rings. The number of benzene rings is 6. The fraction of sp³-hybridized carbons (Fsp3) is 0. The molecule has 0 aliphatic carbocycles. The highest BCUT2D eigenvalue weighted by atomic mass is 16.6. The SMILES string of the molecule is Nc1c(N)c(N)c2c(Oc3ccccc3)c(Oc3ccccc3)c(Oc3ccccc3)c(Oc3ccccc3)c2c1N. The molecular formula is C34H28N4O4. The first kappa shape index (κ1) is 26.2. The zero-order valence-electron chi connectivity index (χ0n) is 22.5. The molecule has 42 heavy (non-hydrogen) atoms. The molecule has 0 amide bonds. The Morgan fingerprint density at radius 3 is 0.786 bits per heavy atom. The maximum atomic E-state index is 6.68. The summed E-state index contributed by atoms with van der Waals surface area (Å²) in [6, 6.07) is 36.9. The number of anilines is 4. The zero-order valence-corrected chi connectivity index (χ0v) is 22.5. The van der Waals surface area contributed by atoms with Gasteiger partial charge in [0.1, 0.15) is 23.0 Å². The van der Waals surface area contributed by atoms with Gasteiger partial charge in [-0.3, -0.25) is 0 Å². The molecule has 0 unspecified atom stereocenters. The van der Waals surface area contributed by atoms with Crippen LogP contribution in [-0.4, -0.2) is 0 Å². The Labute approximate surface area is 242 Å². The van der Waals surface area contributed by atoms with Gasteiger partial charge in [-0.25, -0.2) is 0 Å². The van der Waals surface area contributed by atoms with E-state index >= 15 is 0 Å². The van der Waals surface area contributed by atoms with Crippen LogP contribution in [0.15, 0.2) is 121 Å². The number of fused-ring (bicyclic) bond motifs is 1. The molecular weight excluding hydrogens is 528 g/mol. The van der Waals surface area contributed by atoms with Gasteiger partial charge >= 0.3 is 0 Å². The van der Waals surface area contributed by atoms with Crippen molar-refractivity contribution < 1.29 is 18.9 Å². The highest BCUT2D eigenvalue weighted by Crippen LogP contribution is 2.60. The van der Waals surface area contributed by atoms with E-state index < -0.39 is 0 Å². The van der Waals surface area contributed by atoms with E-state index in [0.717, 1.165) is 0 Å². The molecule has 0 spiro atoms. The summed E-state index contributed by atoms with van der Waals surface area (Å²) in [7, 11) is 0. The van der Waals surface area contributed by atoms with Crippen molar-refractivity contribution in [2.24, 2.45) is 0 Å². The fourth-order valence-corrected chi connectivity index (χ4v) is 4.54. The predicted molar refractivity (Wildman–Crippen MR) is 168 cm³/mol. The van der Waals surface area contributed by atoms with Crippen molar-refractivity contribution >= 4 is 33.5 Å². The van der Waals surface area contributed by atoms with Crippen LogP contribution in [0.3, 0.4) is 0 Å². The summed E-state index contributed by atoms with van der Waals surface area (Å²) in [6.07, 6.45) is 0. The van der Waals surface area contributed by atoms with E-state index in [1.807, 2.05) is 121 Å². The largest absolute Gasteiger partial charge is 0.453 e. The maximum absolute atomic E-state index is 6.68. The van der Waals surface area contributed by atoms with Crippen LogP contribution in [0.4, 0.5) is 22.7 Å². The number of hydrogen-bond donors (Lipinski definition) is 4. The minimum Gasteiger partial charge on any atom is -0.453 e. The molecule has 0 bridgehead atoms. The molecule has 0 aromatic heterocycles. The first-order valence-corrected chi connectivity index (χ1v) is 13.2. The minimum absolute atomic E-state index is 0.117. The van der Waals surface area contributed by atoms with Gasteiger partial charge in [-0.2, -0.15) is 0 Å². The molecule has 0 saturated carbocycles. The number of nitrogen functional groups attached to an aromatic ring is 4. The second kappa shape index (κ2) is 11.2. The lowest BCUT2D eigenvalue weighted by Crippen LogP contribution is -2.08. The molecule has 208 valence electrons. The van der Waals surface area contributed by atoms with Crippen molar-refractivity contribution in [2.75, 3.05) is 22.9 Å². The van der Waals surface area contributed by atoms with Crippen molar-refractivity contribution in [2.45, 2.75) is 0 Å². The maximum Gasteiger partial charge on any atom is 0.217 e. The van der Waals surface area contributed by atoms with Crippen molar-refractivity contribution in [1.29, 1.82) is 0 Å². The molecule has 0 fully saturated rings. The summed E-state index contributed by atoms with van der Waals surface area (Å²) < 4.78 is 26.1. The monoisotopic (exact) mass is 556 g/mol. The van der Waals surface area contributed by atoms with Crippen LogP contribution in [-0.2, 0) is 0 Å². The van der Waals surface area contributed by atoms with Crippen molar-refractivity contribution in [3.05, 3.63) is 121 Å². The Balaban J connectivity index is 1.75. The van der Waals surface area contributed by atoms with E-state index in [4.69, 9.17) is 41.9 Å². The summed E-state index contributed by atoms with van der Waals surface area (Å²) in [6.45, 7) is 0. The molecule has 0 saturated heterocycles. The predicted octanol–water partition coefficient (Wildman–Crippen LogP) is 8.34. The van der Waals surface area contributed by atoms with E-state index in [1.54, 1.807) is 0 Å². The topological polar surface area (TPSA) is 141 Å². The van der Waals surface area contributed by atoms with E-state index in [0.29, 0.717) is 33.8 Å². The first-order valence-electron chi connectivity index (χ1n) is 13.2. The van der Waals surface area contributed by atoms with Crippen LogP contribution in [0.2, 0.25) is 0 Å². The van der Waals surface area contributed by atoms with Gasteiger partial charge in [0.15, 0.2) is 11.5 Å². The van der Waals surface area contributed by atoms with Crippen molar-refractivity contribution in [3.63, 3.8) is 0 Å². The molecule has 8 heteroatoms. The number of nitrogens with two attached hydrogens (primary N) is 4. The lowest BCUT2D eigenvalue weighted by molar-refractivity contribution is 0.371. The number of para-hydroxylation sites is 4. The summed E-state index contributed by atoms with van der Waals surface area (Å²) in [5.74, 6) is 2.93. The molecule has 0 aliphatic heterocycles. The lowest BCUT2D eigenvalue weighted by atomic mass is 10.00. The smallest absolute Gasteiger partial charge is 0.217 e. The molecule has 0 atom stereocenters. The summed E-state index contributed by atoms with van der Waals surface area (Å²) in [5, 5.41) is 0.723. The highest BCUT2D eigenvalue weighted by Gasteiger charge is 2.31. The Kier molecular flexibility index (Phi) is 7.01. The second-order valence-corrected chi connectivity index (χ2v) is 9.38. The fourth-order valence-electron chi connectivity index (χ4n) is 4.54. The van der Waals surface area contributed by atoms with Gasteiger partial charge in [0.25, 0.3) is 0 Å². The van der Waals surface area contributed by atoms with Gasteiger partial charge < -0.3 is 41.9 Å². The van der Waals surface area contributed by atoms with Gasteiger partial charge in [0.05, 0.1) is 33.5 Å². The van der Waals surface area contributed by atoms with Crippen LogP contribution < -0.4 is 41.9 Å². The number of ether oxygens (including phenoxy) is 4. The van der Waals surface area contributed by atoms with Gasteiger partial charge in [-0.15, -0.1) is 0 Å². The molecule has 0 radical (unpaired) electrons. The molecule has 0 heterocycles. The van der Waals surface area contributed by atoms with Gasteiger partial charge in [-0.05, 0) is 48.5 Å². The third-order valence-electron chi connectivity index (χ3n) is 6.58. The number of rotatable bonds is 8. The number of hydrogen-bond acceptors (Lipinski definition) is 8. The summed E-state index contributed by atoms with van der Waals surface area (Å²) in [4.78, 5) is 0. The average Bonchev–Trinajstić information content (AvgIpc) is 3.03. The average molecular weight is 557 g/mol. The first-order chi connectivity index (χ1) is 20.5. The van der Waals surface area contributed by atoms with Crippen LogP contribution in [0.5, 0.6) is 46.0 Å². The van der Waals surface area contributed by atoms with E-state index in [9.17, 15) is 0 Å². The zero-order chi connectivity index (χ0) is 29.1. The van der Waals surface area contributed by atoms with Crippen LogP contribution >= 0.6 is 0 Å². The van der Waals surface area contributed by atoms with E-state index in [-0.39, 0.29) is 45.7 Å². The van der Waals surface area contributed by atoms with Gasteiger partial charge in [0, 0.05) is 0 Å². The molecule has 8 nitrogen and oxygen atoms in total. The van der Waals surface area contributed by atoms with Gasteiger partial charge in [0.2, 0.25) is 11.5 Å². The quantitative estimate of drug-likeness (QED) is 0.137. The Bertz CT molecular complexity index is 1710. The molecule has 6 aromatic carbocycles. The third kappa shape index (κ3) is 5.00. The molecule has 6 rings (SSSR count). The van der Waals surface area contributed by atoms with E-state index in [2.05, 4.69) is 0 Å². The second-order valence-electron chi connectivity index (χ2n) is 9.38.